The number of urea groups is 1. The van der Waals surface area contributed by atoms with Crippen LogP contribution in [0.1, 0.15) is 48.4 Å². The topological polar surface area (TPSA) is 90.9 Å². The first-order valence-electron chi connectivity index (χ1n) is 12.6. The van der Waals surface area contributed by atoms with E-state index in [-0.39, 0.29) is 30.7 Å². The van der Waals surface area contributed by atoms with Crippen molar-refractivity contribution < 1.29 is 32.6 Å². The van der Waals surface area contributed by atoms with E-state index in [9.17, 15) is 27.9 Å². The Kier molecular flexibility index (Phi) is 8.26. The molecule has 200 valence electrons. The molecular weight excluding hydrogens is 487 g/mol. The third-order valence-corrected chi connectivity index (χ3v) is 6.98. The first-order chi connectivity index (χ1) is 17.7. The van der Waals surface area contributed by atoms with Crippen LogP contribution in [0.4, 0.5) is 29.3 Å². The monoisotopic (exact) mass is 519 g/mol. The summed E-state index contributed by atoms with van der Waals surface area (Å²) < 4.78 is 46.9. The van der Waals surface area contributed by atoms with Crippen LogP contribution in [0.15, 0.2) is 36.4 Å². The molecule has 4 rings (SSSR count). The van der Waals surface area contributed by atoms with Crippen molar-refractivity contribution in [2.75, 3.05) is 29.9 Å². The third kappa shape index (κ3) is 6.54. The van der Waals surface area contributed by atoms with Gasteiger partial charge in [0, 0.05) is 37.4 Å². The number of aryl methyl sites for hydroxylation is 1. The minimum absolute atomic E-state index is 0.0671. The number of rotatable bonds is 6. The minimum Gasteiger partial charge on any atom is -0.466 e. The zero-order valence-corrected chi connectivity index (χ0v) is 20.7. The number of ether oxygens (including phenoxy) is 1. The highest BCUT2D eigenvalue weighted by Crippen LogP contribution is 2.38. The smallest absolute Gasteiger partial charge is 0.418 e. The van der Waals surface area contributed by atoms with Crippen molar-refractivity contribution in [1.29, 1.82) is 0 Å². The summed E-state index contributed by atoms with van der Waals surface area (Å²) in [7, 11) is 0. The normalized spacial score (nSPS) is 18.2. The van der Waals surface area contributed by atoms with E-state index in [1.54, 1.807) is 24.0 Å². The number of anilines is 2. The number of nitrogens with one attached hydrogen (secondary N) is 2. The molecular formula is C27H32F3N3O4. The van der Waals surface area contributed by atoms with Gasteiger partial charge in [0.1, 0.15) is 0 Å². The number of hydrogen-bond donors (Lipinski definition) is 3. The average Bonchev–Trinajstić information content (AvgIpc) is 2.87. The summed E-state index contributed by atoms with van der Waals surface area (Å²) in [5.74, 6) is -0.601. The molecule has 1 saturated heterocycles. The van der Waals surface area contributed by atoms with E-state index in [2.05, 4.69) is 10.6 Å². The van der Waals surface area contributed by atoms with Gasteiger partial charge in [-0.15, -0.1) is 0 Å². The van der Waals surface area contributed by atoms with Crippen LogP contribution in [0.3, 0.4) is 0 Å². The number of benzene rings is 2. The van der Waals surface area contributed by atoms with E-state index in [1.807, 2.05) is 12.1 Å². The van der Waals surface area contributed by atoms with Crippen LogP contribution in [-0.4, -0.2) is 42.9 Å². The van der Waals surface area contributed by atoms with Gasteiger partial charge in [0.05, 0.1) is 24.2 Å². The summed E-state index contributed by atoms with van der Waals surface area (Å²) in [6, 6.07) is 9.07. The molecule has 0 aromatic heterocycles. The van der Waals surface area contributed by atoms with Crippen molar-refractivity contribution in [2.45, 2.75) is 57.9 Å². The number of aliphatic hydroxyl groups is 1. The molecule has 1 heterocycles. The molecule has 3 N–H and O–H groups in total. The van der Waals surface area contributed by atoms with Crippen LogP contribution >= 0.6 is 0 Å². The summed E-state index contributed by atoms with van der Waals surface area (Å²) in [4.78, 5) is 26.1. The number of alkyl halides is 3. The number of fused-ring (bicyclic) bond motifs is 1. The van der Waals surface area contributed by atoms with E-state index in [4.69, 9.17) is 4.74 Å². The molecule has 2 aromatic carbocycles. The molecule has 1 unspecified atom stereocenters. The lowest BCUT2D eigenvalue weighted by atomic mass is 9.88. The fourth-order valence-corrected chi connectivity index (χ4v) is 5.05. The summed E-state index contributed by atoms with van der Waals surface area (Å²) in [5, 5.41) is 15.4. The maximum Gasteiger partial charge on any atom is 0.418 e. The van der Waals surface area contributed by atoms with Crippen LogP contribution in [0.25, 0.3) is 0 Å². The highest BCUT2D eigenvalue weighted by molar-refractivity contribution is 5.90. The van der Waals surface area contributed by atoms with Gasteiger partial charge in [-0.05, 0) is 67.5 Å². The lowest BCUT2D eigenvalue weighted by molar-refractivity contribution is -0.148. The molecule has 0 bridgehead atoms. The fourth-order valence-electron chi connectivity index (χ4n) is 5.05. The molecule has 1 aliphatic carbocycles. The van der Waals surface area contributed by atoms with Crippen molar-refractivity contribution in [3.63, 3.8) is 0 Å². The summed E-state index contributed by atoms with van der Waals surface area (Å²) in [6.45, 7) is 2.56. The standard InChI is InChI=1S/C27H32F3N3O4/c1-2-37-25(35)19-10-12-33(13-11-19)24-9-6-17(14-22(24)27(28,29)30)16-31-26(36)32-23-5-3-4-18-7-8-20(34)15-21(18)23/h3-6,9,14,19-20,34H,2,7-8,10-13,15-16H2,1H3,(H2,31,32,36). The quantitative estimate of drug-likeness (QED) is 0.483. The maximum atomic E-state index is 13.9. The van der Waals surface area contributed by atoms with Crippen molar-refractivity contribution in [1.82, 2.24) is 5.32 Å². The van der Waals surface area contributed by atoms with Crippen LogP contribution in [-0.2, 0) is 35.1 Å². The number of hydrogen-bond acceptors (Lipinski definition) is 5. The maximum absolute atomic E-state index is 13.9. The molecule has 2 aromatic rings. The molecule has 0 radical (unpaired) electrons. The molecule has 1 aliphatic heterocycles. The molecule has 2 amide bonds. The van der Waals surface area contributed by atoms with Gasteiger partial charge in [-0.1, -0.05) is 18.2 Å². The Morgan fingerprint density at radius 1 is 1.14 bits per heavy atom. The van der Waals surface area contributed by atoms with E-state index in [0.29, 0.717) is 50.0 Å². The molecule has 7 nitrogen and oxygen atoms in total. The Balaban J connectivity index is 1.41. The number of esters is 1. The Labute approximate surface area is 214 Å². The number of amides is 2. The number of aliphatic hydroxyl groups excluding tert-OH is 1. The molecule has 2 aliphatic rings. The van der Waals surface area contributed by atoms with Gasteiger partial charge in [-0.3, -0.25) is 4.79 Å². The second-order valence-electron chi connectivity index (χ2n) is 9.51. The predicted molar refractivity (Wildman–Crippen MR) is 133 cm³/mol. The second kappa shape index (κ2) is 11.4. The van der Waals surface area contributed by atoms with Gasteiger partial charge in [0.15, 0.2) is 0 Å². The van der Waals surface area contributed by atoms with E-state index in [0.717, 1.165) is 23.6 Å². The zero-order chi connectivity index (χ0) is 26.6. The largest absolute Gasteiger partial charge is 0.466 e. The van der Waals surface area contributed by atoms with Crippen molar-refractivity contribution in [2.24, 2.45) is 5.92 Å². The zero-order valence-electron chi connectivity index (χ0n) is 20.7. The van der Waals surface area contributed by atoms with Gasteiger partial charge in [-0.2, -0.15) is 13.2 Å². The SMILES string of the molecule is CCOC(=O)C1CCN(c2ccc(CNC(=O)Nc3cccc4c3CC(O)CC4)cc2C(F)(F)F)CC1. The van der Waals surface area contributed by atoms with Crippen molar-refractivity contribution >= 4 is 23.4 Å². The van der Waals surface area contributed by atoms with Crippen LogP contribution in [0, 0.1) is 5.92 Å². The van der Waals surface area contributed by atoms with Crippen molar-refractivity contribution in [3.8, 4) is 0 Å². The summed E-state index contributed by atoms with van der Waals surface area (Å²) in [5.41, 5.74) is 2.15. The Morgan fingerprint density at radius 2 is 1.89 bits per heavy atom. The Morgan fingerprint density at radius 3 is 2.59 bits per heavy atom. The van der Waals surface area contributed by atoms with Crippen LogP contribution < -0.4 is 15.5 Å². The van der Waals surface area contributed by atoms with E-state index >= 15 is 0 Å². The van der Waals surface area contributed by atoms with Crippen LogP contribution in [0.2, 0.25) is 0 Å². The predicted octanol–water partition coefficient (Wildman–Crippen LogP) is 4.66. The number of halogens is 3. The highest BCUT2D eigenvalue weighted by Gasteiger charge is 2.36. The van der Waals surface area contributed by atoms with Crippen LogP contribution in [0.5, 0.6) is 0 Å². The second-order valence-corrected chi connectivity index (χ2v) is 9.51. The number of piperidine rings is 1. The molecule has 0 spiro atoms. The number of carbonyl (C=O) groups is 2. The first kappa shape index (κ1) is 26.8. The molecule has 1 atom stereocenters. The van der Waals surface area contributed by atoms with Gasteiger partial charge in [0.2, 0.25) is 0 Å². The number of nitrogens with zero attached hydrogens (tertiary/aromatic N) is 1. The molecule has 37 heavy (non-hydrogen) atoms. The lowest BCUT2D eigenvalue weighted by Crippen LogP contribution is -2.38. The minimum atomic E-state index is -4.57. The average molecular weight is 520 g/mol. The Bertz CT molecular complexity index is 1130. The molecule has 10 heteroatoms. The van der Waals surface area contributed by atoms with E-state index < -0.39 is 23.9 Å². The van der Waals surface area contributed by atoms with Gasteiger partial charge < -0.3 is 25.4 Å². The molecule has 1 fully saturated rings. The summed E-state index contributed by atoms with van der Waals surface area (Å²) in [6.07, 6.45) is -2.34. The van der Waals surface area contributed by atoms with E-state index in [1.165, 1.54) is 6.07 Å². The van der Waals surface area contributed by atoms with Gasteiger partial charge in [-0.25, -0.2) is 4.79 Å². The third-order valence-electron chi connectivity index (χ3n) is 6.98. The fraction of sp³-hybridized carbons (Fsp3) is 0.481. The lowest BCUT2D eigenvalue weighted by Gasteiger charge is -2.34. The molecule has 0 saturated carbocycles. The number of carbonyl (C=O) groups excluding carboxylic acids is 2. The van der Waals surface area contributed by atoms with Gasteiger partial charge in [0.25, 0.3) is 0 Å². The highest BCUT2D eigenvalue weighted by atomic mass is 19.4. The first-order valence-corrected chi connectivity index (χ1v) is 12.6. The van der Waals surface area contributed by atoms with Crippen molar-refractivity contribution in [3.05, 3.63) is 58.7 Å². The van der Waals surface area contributed by atoms with Gasteiger partial charge >= 0.3 is 18.2 Å². The summed E-state index contributed by atoms with van der Waals surface area (Å²) >= 11 is 0. The Hall–Kier alpha value is -3.27.